The molecular formula is C29H35ClF3N5O4. The van der Waals surface area contributed by atoms with Crippen molar-refractivity contribution in [3.8, 4) is 6.07 Å². The predicted molar refractivity (Wildman–Crippen MR) is 154 cm³/mol. The largest absolute Gasteiger partial charge is 0.418 e. The SMILES string of the molecule is CC(=O)Nc1c(Cl)cccc1C(F)(F)F.CC1CC(C#N)N(C(=O)CNC=O)C1.CC1CC1.O=CNc1ccccc1. The van der Waals surface area contributed by atoms with Crippen molar-refractivity contribution in [2.45, 2.75) is 52.3 Å². The number of hydrogen-bond donors (Lipinski definition) is 3. The Hall–Kier alpha value is -4.11. The van der Waals surface area contributed by atoms with Crippen LogP contribution in [0.1, 0.15) is 45.6 Å². The molecule has 2 unspecified atom stereocenters. The van der Waals surface area contributed by atoms with Gasteiger partial charge in [-0.25, -0.2) is 0 Å². The lowest BCUT2D eigenvalue weighted by molar-refractivity contribution is -0.137. The minimum atomic E-state index is -4.54. The fourth-order valence-electron chi connectivity index (χ4n) is 3.51. The average Bonchev–Trinajstić information content (AvgIpc) is 3.63. The zero-order valence-electron chi connectivity index (χ0n) is 23.6. The van der Waals surface area contributed by atoms with Crippen LogP contribution < -0.4 is 16.0 Å². The first kappa shape index (κ1) is 35.9. The van der Waals surface area contributed by atoms with E-state index in [0.717, 1.165) is 31.0 Å². The third-order valence-corrected chi connectivity index (χ3v) is 6.12. The van der Waals surface area contributed by atoms with Crippen molar-refractivity contribution in [3.05, 3.63) is 59.1 Å². The van der Waals surface area contributed by atoms with Gasteiger partial charge in [-0.1, -0.05) is 62.6 Å². The zero-order chi connectivity index (χ0) is 31.7. The molecule has 1 aliphatic carbocycles. The number of amides is 4. The van der Waals surface area contributed by atoms with E-state index in [1.807, 2.05) is 37.3 Å². The molecule has 4 amide bonds. The van der Waals surface area contributed by atoms with E-state index in [2.05, 4.69) is 28.9 Å². The predicted octanol–water partition coefficient (Wildman–Crippen LogP) is 5.48. The van der Waals surface area contributed by atoms with Crippen molar-refractivity contribution in [2.75, 3.05) is 23.7 Å². The molecule has 9 nitrogen and oxygen atoms in total. The van der Waals surface area contributed by atoms with Gasteiger partial charge in [-0.15, -0.1) is 0 Å². The molecule has 2 fully saturated rings. The van der Waals surface area contributed by atoms with E-state index in [9.17, 15) is 32.3 Å². The monoisotopic (exact) mass is 609 g/mol. The molecule has 1 saturated carbocycles. The second kappa shape index (κ2) is 18.3. The molecule has 42 heavy (non-hydrogen) atoms. The van der Waals surface area contributed by atoms with Crippen LogP contribution >= 0.6 is 11.6 Å². The molecule has 1 aliphatic heterocycles. The molecule has 0 radical (unpaired) electrons. The molecule has 0 bridgehead atoms. The van der Waals surface area contributed by atoms with Crippen molar-refractivity contribution in [2.24, 2.45) is 11.8 Å². The van der Waals surface area contributed by atoms with Gasteiger partial charge in [0.1, 0.15) is 6.04 Å². The molecule has 1 heterocycles. The summed E-state index contributed by atoms with van der Waals surface area (Å²) in [5.74, 6) is 0.654. The molecule has 4 rings (SSSR count). The highest BCUT2D eigenvalue weighted by molar-refractivity contribution is 6.33. The number of rotatable bonds is 6. The van der Waals surface area contributed by atoms with Crippen LogP contribution in [0.2, 0.25) is 5.02 Å². The first-order valence-corrected chi connectivity index (χ1v) is 13.5. The van der Waals surface area contributed by atoms with E-state index < -0.39 is 23.3 Å². The molecule has 2 atom stereocenters. The Kier molecular flexibility index (Phi) is 15.7. The maximum absolute atomic E-state index is 12.5. The number of likely N-dealkylation sites (tertiary alicyclic amines) is 1. The highest BCUT2D eigenvalue weighted by Crippen LogP contribution is 2.38. The van der Waals surface area contributed by atoms with Crippen LogP contribution in [0.4, 0.5) is 24.5 Å². The van der Waals surface area contributed by atoms with Gasteiger partial charge in [0.2, 0.25) is 24.6 Å². The summed E-state index contributed by atoms with van der Waals surface area (Å²) >= 11 is 5.56. The summed E-state index contributed by atoms with van der Waals surface area (Å²) < 4.78 is 37.4. The third-order valence-electron chi connectivity index (χ3n) is 5.80. The molecule has 2 aromatic carbocycles. The fourth-order valence-corrected chi connectivity index (χ4v) is 3.73. The van der Waals surface area contributed by atoms with E-state index in [1.165, 1.54) is 29.9 Å². The normalized spacial score (nSPS) is 16.9. The topological polar surface area (TPSA) is 131 Å². The molecule has 0 aromatic heterocycles. The number of carbonyl (C=O) groups is 4. The van der Waals surface area contributed by atoms with Crippen LogP contribution in [-0.4, -0.2) is 48.7 Å². The van der Waals surface area contributed by atoms with Crippen molar-refractivity contribution in [1.82, 2.24) is 10.2 Å². The van der Waals surface area contributed by atoms with Crippen molar-refractivity contribution in [3.63, 3.8) is 0 Å². The number of hydrogen-bond acceptors (Lipinski definition) is 5. The van der Waals surface area contributed by atoms with Crippen LogP contribution in [0.5, 0.6) is 0 Å². The molecule has 3 N–H and O–H groups in total. The van der Waals surface area contributed by atoms with Gasteiger partial charge in [-0.2, -0.15) is 18.4 Å². The van der Waals surface area contributed by atoms with Gasteiger partial charge in [0.15, 0.2) is 0 Å². The van der Waals surface area contributed by atoms with Gasteiger partial charge in [0.05, 0.1) is 28.9 Å². The highest BCUT2D eigenvalue weighted by atomic mass is 35.5. The Morgan fingerprint density at radius 3 is 2.14 bits per heavy atom. The van der Waals surface area contributed by atoms with E-state index >= 15 is 0 Å². The quantitative estimate of drug-likeness (QED) is 0.373. The van der Waals surface area contributed by atoms with Gasteiger partial charge in [0, 0.05) is 19.2 Å². The summed E-state index contributed by atoms with van der Waals surface area (Å²) in [4.78, 5) is 43.6. The van der Waals surface area contributed by atoms with Gasteiger partial charge >= 0.3 is 6.18 Å². The number of para-hydroxylation sites is 2. The Morgan fingerprint density at radius 2 is 1.67 bits per heavy atom. The minimum absolute atomic E-state index is 0.0194. The Bertz CT molecular complexity index is 1200. The lowest BCUT2D eigenvalue weighted by Gasteiger charge is -2.18. The molecular weight excluding hydrogens is 575 g/mol. The number of nitrogens with one attached hydrogen (secondary N) is 3. The third kappa shape index (κ3) is 14.0. The lowest BCUT2D eigenvalue weighted by Crippen LogP contribution is -2.40. The summed E-state index contributed by atoms with van der Waals surface area (Å²) in [6.07, 6.45) is 0.306. The second-order valence-corrected chi connectivity index (χ2v) is 10.1. The maximum Gasteiger partial charge on any atom is 0.418 e. The fraction of sp³-hybridized carbons (Fsp3) is 0.414. The smallest absolute Gasteiger partial charge is 0.350 e. The van der Waals surface area contributed by atoms with Crippen LogP contribution in [0.3, 0.4) is 0 Å². The van der Waals surface area contributed by atoms with Crippen LogP contribution in [-0.2, 0) is 25.4 Å². The number of carbonyl (C=O) groups excluding carboxylic acids is 4. The standard InChI is InChI=1S/C9H7ClF3NO.C9H13N3O2.C7H7NO.C4H8/c1-5(15)14-8-6(9(11,12)13)3-2-4-7(8)10;1-7-2-8(3-10)12(5-7)9(14)4-11-6-13;9-6-8-7-4-2-1-3-5-7;1-4-2-3-4/h2-4H,1H3,(H,14,15);6-8H,2,4-5H2,1H3,(H,11,13);1-6H,(H,8,9);4H,2-3H2,1H3. The number of benzene rings is 2. The minimum Gasteiger partial charge on any atom is -0.350 e. The van der Waals surface area contributed by atoms with Crippen molar-refractivity contribution in [1.29, 1.82) is 5.26 Å². The highest BCUT2D eigenvalue weighted by Gasteiger charge is 2.34. The molecule has 0 spiro atoms. The molecule has 228 valence electrons. The number of halogens is 4. The maximum atomic E-state index is 12.5. The van der Waals surface area contributed by atoms with Gasteiger partial charge in [-0.3, -0.25) is 19.2 Å². The average molecular weight is 610 g/mol. The molecule has 2 aliphatic rings. The molecule has 1 saturated heterocycles. The number of alkyl halides is 3. The number of anilines is 2. The summed E-state index contributed by atoms with van der Waals surface area (Å²) in [5, 5.41) is 15.5. The van der Waals surface area contributed by atoms with E-state index in [4.69, 9.17) is 16.9 Å². The van der Waals surface area contributed by atoms with Gasteiger partial charge in [-0.05, 0) is 42.5 Å². The second-order valence-electron chi connectivity index (χ2n) is 9.68. The van der Waals surface area contributed by atoms with E-state index in [-0.39, 0.29) is 23.5 Å². The van der Waals surface area contributed by atoms with Crippen LogP contribution in [0.15, 0.2) is 48.5 Å². The summed E-state index contributed by atoms with van der Waals surface area (Å²) in [6, 6.07) is 14.4. The van der Waals surface area contributed by atoms with Crippen LogP contribution in [0.25, 0.3) is 0 Å². The number of nitriles is 1. The van der Waals surface area contributed by atoms with Gasteiger partial charge in [0.25, 0.3) is 0 Å². The molecule has 13 heteroatoms. The lowest BCUT2D eigenvalue weighted by atomic mass is 10.1. The summed E-state index contributed by atoms with van der Waals surface area (Å²) in [7, 11) is 0. The van der Waals surface area contributed by atoms with E-state index in [1.54, 1.807) is 0 Å². The van der Waals surface area contributed by atoms with Crippen molar-refractivity contribution < 1.29 is 32.3 Å². The van der Waals surface area contributed by atoms with Gasteiger partial charge < -0.3 is 20.9 Å². The van der Waals surface area contributed by atoms with Crippen LogP contribution in [0, 0.1) is 23.2 Å². The first-order valence-electron chi connectivity index (χ1n) is 13.1. The summed E-state index contributed by atoms with van der Waals surface area (Å²) in [6.45, 7) is 5.99. The first-order chi connectivity index (χ1) is 19.8. The Balaban J connectivity index is 0.000000301. The van der Waals surface area contributed by atoms with Crippen molar-refractivity contribution >= 4 is 47.6 Å². The Morgan fingerprint density at radius 1 is 1.05 bits per heavy atom. The summed E-state index contributed by atoms with van der Waals surface area (Å²) in [5.41, 5.74) is -0.531. The Labute approximate surface area is 248 Å². The number of nitrogens with zero attached hydrogens (tertiary/aromatic N) is 2. The molecule has 2 aromatic rings. The zero-order valence-corrected chi connectivity index (χ0v) is 24.3. The van der Waals surface area contributed by atoms with E-state index in [0.29, 0.717) is 25.3 Å².